The molecule has 1 heterocycles. The van der Waals surface area contributed by atoms with E-state index in [-0.39, 0.29) is 68.9 Å². The van der Waals surface area contributed by atoms with Crippen LogP contribution in [-0.2, 0) is 16.1 Å². The predicted molar refractivity (Wildman–Crippen MR) is 147 cm³/mol. The van der Waals surface area contributed by atoms with Gasteiger partial charge in [0.25, 0.3) is 0 Å². The molecule has 5 rings (SSSR count). The van der Waals surface area contributed by atoms with Crippen LogP contribution in [0.3, 0.4) is 0 Å². The summed E-state index contributed by atoms with van der Waals surface area (Å²) in [5.41, 5.74) is 0.713. The molecule has 2 aromatic rings. The minimum Gasteiger partial charge on any atom is -0.495 e. The van der Waals surface area contributed by atoms with Crippen LogP contribution in [0.25, 0.3) is 0 Å². The van der Waals surface area contributed by atoms with Gasteiger partial charge in [0.2, 0.25) is 0 Å². The van der Waals surface area contributed by atoms with Crippen LogP contribution in [0.2, 0.25) is 10.0 Å². The molecule has 210 valence electrons. The number of hydrogen-bond donors (Lipinski definition) is 1. The van der Waals surface area contributed by atoms with Crippen molar-refractivity contribution >= 4 is 35.1 Å². The van der Waals surface area contributed by atoms with Gasteiger partial charge in [-0.25, -0.2) is 4.79 Å². The van der Waals surface area contributed by atoms with Crippen LogP contribution in [0.5, 0.6) is 23.0 Å². The van der Waals surface area contributed by atoms with Crippen LogP contribution >= 0.6 is 23.2 Å². The summed E-state index contributed by atoms with van der Waals surface area (Å²) >= 11 is 13.4. The van der Waals surface area contributed by atoms with E-state index in [9.17, 15) is 14.7 Å². The van der Waals surface area contributed by atoms with Crippen molar-refractivity contribution in [2.75, 3.05) is 7.11 Å². The Labute approximate surface area is 238 Å². The molecule has 2 aliphatic carbocycles. The molecule has 0 aromatic heterocycles. The maximum Gasteiger partial charge on any atom is 0.346 e. The summed E-state index contributed by atoms with van der Waals surface area (Å²) < 4.78 is 23.6. The Morgan fingerprint density at radius 1 is 1.13 bits per heavy atom. The number of esters is 2. The number of carbonyl (C=O) groups is 2. The van der Waals surface area contributed by atoms with E-state index < -0.39 is 17.5 Å². The minimum absolute atomic E-state index is 0.0225. The minimum atomic E-state index is -0.860. The summed E-state index contributed by atoms with van der Waals surface area (Å²) in [7, 11) is 1.42. The van der Waals surface area contributed by atoms with E-state index in [0.717, 1.165) is 25.7 Å². The number of ether oxygens (including phenoxy) is 4. The molecule has 0 saturated heterocycles. The Kier molecular flexibility index (Phi) is 7.55. The second-order valence-electron chi connectivity index (χ2n) is 11.5. The lowest BCUT2D eigenvalue weighted by Gasteiger charge is -2.29. The largest absolute Gasteiger partial charge is 0.495 e. The molecule has 7 nitrogen and oxygen atoms in total. The number of rotatable bonds is 6. The van der Waals surface area contributed by atoms with Crippen molar-refractivity contribution < 1.29 is 33.6 Å². The van der Waals surface area contributed by atoms with Gasteiger partial charge >= 0.3 is 11.9 Å². The van der Waals surface area contributed by atoms with Crippen LogP contribution in [-0.4, -0.2) is 24.2 Å². The maximum absolute atomic E-state index is 13.7. The van der Waals surface area contributed by atoms with Crippen molar-refractivity contribution in [2.24, 2.45) is 23.2 Å². The van der Waals surface area contributed by atoms with Gasteiger partial charge in [0.15, 0.2) is 11.5 Å². The molecule has 9 heteroatoms. The number of carbonyl (C=O) groups excluding carboxylic acids is 2. The molecule has 0 unspecified atom stereocenters. The van der Waals surface area contributed by atoms with Gasteiger partial charge < -0.3 is 24.1 Å². The summed E-state index contributed by atoms with van der Waals surface area (Å²) in [5, 5.41) is 11.2. The fourth-order valence-electron chi connectivity index (χ4n) is 6.55. The normalized spacial score (nSPS) is 24.3. The van der Waals surface area contributed by atoms with Gasteiger partial charge in [-0.15, -0.1) is 0 Å². The highest BCUT2D eigenvalue weighted by Crippen LogP contribution is 2.59. The number of benzene rings is 2. The molecule has 1 aliphatic heterocycles. The van der Waals surface area contributed by atoms with Gasteiger partial charge in [-0.3, -0.25) is 4.79 Å². The number of methoxy groups -OCH3 is 1. The molecule has 3 aliphatic rings. The zero-order valence-electron chi connectivity index (χ0n) is 22.9. The number of halogens is 2. The van der Waals surface area contributed by atoms with Crippen molar-refractivity contribution in [2.45, 2.75) is 72.5 Å². The molecule has 2 aromatic carbocycles. The van der Waals surface area contributed by atoms with Gasteiger partial charge in [-0.05, 0) is 81.4 Å². The lowest BCUT2D eigenvalue weighted by molar-refractivity contribution is -0.147. The third kappa shape index (κ3) is 4.56. The summed E-state index contributed by atoms with van der Waals surface area (Å²) in [6, 6.07) is 3.22. The first-order valence-corrected chi connectivity index (χ1v) is 14.2. The molecule has 2 bridgehead atoms. The van der Waals surface area contributed by atoms with E-state index in [1.54, 1.807) is 19.1 Å². The fourth-order valence-corrected chi connectivity index (χ4v) is 7.06. The second-order valence-corrected chi connectivity index (χ2v) is 12.3. The molecule has 1 N–H and O–H groups in total. The van der Waals surface area contributed by atoms with Crippen molar-refractivity contribution in [1.82, 2.24) is 0 Å². The number of hydrogen-bond acceptors (Lipinski definition) is 7. The first kappa shape index (κ1) is 28.1. The first-order valence-electron chi connectivity index (χ1n) is 13.5. The average Bonchev–Trinajstić information content (AvgIpc) is 3.40. The Bertz CT molecular complexity index is 1320. The van der Waals surface area contributed by atoms with Crippen LogP contribution in [0, 0.1) is 30.1 Å². The molecule has 39 heavy (non-hydrogen) atoms. The van der Waals surface area contributed by atoms with Crippen molar-refractivity contribution in [3.63, 3.8) is 0 Å². The van der Waals surface area contributed by atoms with Crippen molar-refractivity contribution in [3.05, 3.63) is 44.4 Å². The summed E-state index contributed by atoms with van der Waals surface area (Å²) in [6.07, 6.45) is 3.64. The zero-order chi connectivity index (χ0) is 28.2. The Balaban J connectivity index is 1.61. The number of aliphatic hydroxyl groups excluding tert-OH is 1. The first-order chi connectivity index (χ1) is 18.5. The molecule has 0 amide bonds. The molecular formula is C30H34Cl2O7. The lowest BCUT2D eigenvalue weighted by atomic mass is 9.80. The van der Waals surface area contributed by atoms with E-state index >= 15 is 0 Å². The molecular weight excluding hydrogens is 543 g/mol. The highest BCUT2D eigenvalue weighted by atomic mass is 35.5. The van der Waals surface area contributed by atoms with Gasteiger partial charge in [0.05, 0.1) is 34.2 Å². The van der Waals surface area contributed by atoms with Crippen molar-refractivity contribution in [1.29, 1.82) is 0 Å². The zero-order valence-corrected chi connectivity index (χ0v) is 24.4. The van der Waals surface area contributed by atoms with Gasteiger partial charge in [-0.1, -0.05) is 37.0 Å². The quantitative estimate of drug-likeness (QED) is 0.280. The summed E-state index contributed by atoms with van der Waals surface area (Å²) in [5.74, 6) is 0.156. The molecule has 0 radical (unpaired) electrons. The van der Waals surface area contributed by atoms with Crippen LogP contribution in [0.4, 0.5) is 0 Å². The van der Waals surface area contributed by atoms with Gasteiger partial charge in [0, 0.05) is 5.56 Å². The molecule has 2 saturated carbocycles. The third-order valence-electron chi connectivity index (χ3n) is 8.83. The molecule has 1 atom stereocenters. The summed E-state index contributed by atoms with van der Waals surface area (Å²) in [6.45, 7) is 7.45. The average molecular weight is 578 g/mol. The maximum atomic E-state index is 13.7. The second kappa shape index (κ2) is 10.5. The van der Waals surface area contributed by atoms with Gasteiger partial charge in [-0.2, -0.15) is 0 Å². The third-order valence-corrected chi connectivity index (χ3v) is 9.80. The SMILES string of the molecule is COc1c([C@@H](O)CC(C)C)ccc2c1C(=O)OCc1c(Cl)c(C)c(Cl)c(OC(=O)C3(C)C4CCC3CC4)c1O2. The molecule has 2 fully saturated rings. The van der Waals surface area contributed by atoms with E-state index in [4.69, 9.17) is 42.1 Å². The fraction of sp³-hybridized carbons (Fsp3) is 0.533. The van der Waals surface area contributed by atoms with E-state index in [0.29, 0.717) is 23.1 Å². The van der Waals surface area contributed by atoms with Crippen LogP contribution in [0.1, 0.15) is 86.0 Å². The Hall–Kier alpha value is -2.48. The molecule has 0 spiro atoms. The smallest absolute Gasteiger partial charge is 0.346 e. The lowest BCUT2D eigenvalue weighted by Crippen LogP contribution is -2.36. The van der Waals surface area contributed by atoms with Crippen molar-refractivity contribution in [3.8, 4) is 23.0 Å². The van der Waals surface area contributed by atoms with Gasteiger partial charge in [0.1, 0.15) is 23.7 Å². The number of fused-ring (bicyclic) bond motifs is 4. The predicted octanol–water partition coefficient (Wildman–Crippen LogP) is 7.58. The Morgan fingerprint density at radius 3 is 2.36 bits per heavy atom. The van der Waals surface area contributed by atoms with E-state index in [1.165, 1.54) is 7.11 Å². The van der Waals surface area contributed by atoms with Crippen LogP contribution < -0.4 is 14.2 Å². The highest BCUT2D eigenvalue weighted by Gasteiger charge is 2.57. The number of aliphatic hydroxyl groups is 1. The van der Waals surface area contributed by atoms with E-state index in [2.05, 4.69) is 0 Å². The highest BCUT2D eigenvalue weighted by molar-refractivity contribution is 6.38. The summed E-state index contributed by atoms with van der Waals surface area (Å²) in [4.78, 5) is 26.9. The monoisotopic (exact) mass is 576 g/mol. The standard InChI is InChI=1S/C30H34Cl2O7/c1-14(2)12-20(33)18-10-11-21-22(25(18)36-5)28(34)37-13-19-23(31)15(3)24(32)27(26(19)38-21)39-29(35)30(4)16-6-7-17(30)9-8-16/h10-11,14,16-17,20,33H,6-9,12-13H2,1-5H3/t16?,17?,20-,30?/m0/s1. The Morgan fingerprint density at radius 2 is 1.77 bits per heavy atom. The topological polar surface area (TPSA) is 91.3 Å². The number of cyclic esters (lactones) is 1. The van der Waals surface area contributed by atoms with Crippen LogP contribution in [0.15, 0.2) is 12.1 Å². The van der Waals surface area contributed by atoms with E-state index in [1.807, 2.05) is 20.8 Å².